The lowest BCUT2D eigenvalue weighted by molar-refractivity contribution is -0.385. The van der Waals surface area contributed by atoms with Gasteiger partial charge in [0, 0.05) is 59.4 Å². The Morgan fingerprint density at radius 2 is 1.00 bits per heavy atom. The highest BCUT2D eigenvalue weighted by Gasteiger charge is 2.27. The van der Waals surface area contributed by atoms with Crippen molar-refractivity contribution in [3.05, 3.63) is 103 Å². The van der Waals surface area contributed by atoms with E-state index in [1.807, 2.05) is 25.6 Å². The average molecular weight is 1040 g/mol. The zero-order valence-electron chi connectivity index (χ0n) is 35.1. The van der Waals surface area contributed by atoms with Crippen LogP contribution >= 0.6 is 65.0 Å². The summed E-state index contributed by atoms with van der Waals surface area (Å²) >= 11 is 20.1. The highest BCUT2D eigenvalue weighted by Crippen LogP contribution is 2.73. The van der Waals surface area contributed by atoms with Crippen molar-refractivity contribution in [1.29, 1.82) is 0 Å². The summed E-state index contributed by atoms with van der Waals surface area (Å²) in [5.74, 6) is 6.05. The quantitative estimate of drug-likeness (QED) is 0.0268. The van der Waals surface area contributed by atoms with Crippen LogP contribution in [0.5, 0.6) is 17.2 Å². The fraction of sp³-hybridized carbons (Fsp3) is 0.500. The number of phosphoric acid groups is 1. The van der Waals surface area contributed by atoms with Gasteiger partial charge in [0.25, 0.3) is 17.1 Å². The van der Waals surface area contributed by atoms with Gasteiger partial charge in [-0.05, 0) is 92.5 Å². The molecular weight excluding hydrogens is 982 g/mol. The summed E-state index contributed by atoms with van der Waals surface area (Å²) in [4.78, 5) is 41.6. The number of unbranched alkanes of at least 4 members (excludes halogenated alkanes) is 2. The smallest absolute Gasteiger partial charge is 0.448 e. The molecule has 1 N–H and O–H groups in total. The maximum absolute atomic E-state index is 11.1. The molecular formula is C36H55N4O13P3S6. The molecule has 2 heterocycles. The number of hydrogen-bond donors (Lipinski definition) is 2. The Kier molecular flexibility index (Phi) is 29.8. The van der Waals surface area contributed by atoms with Gasteiger partial charge in [0.2, 0.25) is 4.67 Å². The highest BCUT2D eigenvalue weighted by molar-refractivity contribution is 9.00. The minimum Gasteiger partial charge on any atom is -0.448 e. The van der Waals surface area contributed by atoms with E-state index in [0.29, 0.717) is 5.75 Å². The lowest BCUT2D eigenvalue weighted by atomic mass is 10.3. The van der Waals surface area contributed by atoms with Gasteiger partial charge in [0.05, 0.1) is 28.0 Å². The summed E-state index contributed by atoms with van der Waals surface area (Å²) in [6, 6.07) is 16.7. The van der Waals surface area contributed by atoms with E-state index in [1.54, 1.807) is 34.9 Å². The fourth-order valence-electron chi connectivity index (χ4n) is 4.04. The molecule has 3 aromatic carbocycles. The van der Waals surface area contributed by atoms with E-state index in [2.05, 4.69) is 37.9 Å². The number of nitro benzene ring substituents is 3. The van der Waals surface area contributed by atoms with E-state index in [-0.39, 0.29) is 41.8 Å². The van der Waals surface area contributed by atoms with Crippen molar-refractivity contribution in [2.75, 3.05) is 55.9 Å². The Hall–Kier alpha value is -1.97. The Bertz CT molecular complexity index is 1820. The number of nitro groups is 3. The third-order valence-corrected chi connectivity index (χ3v) is 20.2. The van der Waals surface area contributed by atoms with Crippen molar-refractivity contribution in [1.82, 2.24) is 4.90 Å². The van der Waals surface area contributed by atoms with Crippen LogP contribution in [-0.2, 0) is 37.2 Å². The Labute approximate surface area is 391 Å². The van der Waals surface area contributed by atoms with Crippen molar-refractivity contribution in [3.8, 4) is 17.2 Å². The van der Waals surface area contributed by atoms with Crippen molar-refractivity contribution < 1.29 is 46.8 Å². The fourth-order valence-corrected chi connectivity index (χ4v) is 15.7. The van der Waals surface area contributed by atoms with Crippen molar-refractivity contribution in [3.63, 3.8) is 0 Å². The summed E-state index contributed by atoms with van der Waals surface area (Å²) in [6.45, 7) is 14.7. The van der Waals surface area contributed by atoms with E-state index >= 15 is 0 Å². The number of phosphoric ester groups is 1. The van der Waals surface area contributed by atoms with Gasteiger partial charge in [-0.1, -0.05) is 82.5 Å². The lowest BCUT2D eigenvalue weighted by Gasteiger charge is -2.18. The molecule has 348 valence electrons. The van der Waals surface area contributed by atoms with Crippen LogP contribution in [0, 0.1) is 30.3 Å². The third kappa shape index (κ3) is 27.4. The van der Waals surface area contributed by atoms with Gasteiger partial charge < -0.3 is 23.4 Å². The molecule has 0 amide bonds. The Morgan fingerprint density at radius 1 is 0.677 bits per heavy atom. The SMILES string of the molecule is C1CS1.CCCCOP(=O)(O)OCCCC.CCN(CC)CC.O=[N+]([O-])c1ccc(OP(=S)(S)Oc2ccc([N+](=O)[O-])cc2)cc1.O=[N+]([O-])c1ccc(OP2(=S)SCCS2)cc1. The molecule has 3 aromatic rings. The number of benzene rings is 3. The zero-order valence-corrected chi connectivity index (χ0v) is 42.7. The second kappa shape index (κ2) is 31.8. The van der Waals surface area contributed by atoms with Crippen LogP contribution in [0.25, 0.3) is 0 Å². The summed E-state index contributed by atoms with van der Waals surface area (Å²) in [6.07, 6.45) is 3.44. The van der Waals surface area contributed by atoms with Gasteiger partial charge >= 0.3 is 13.5 Å². The molecule has 0 unspecified atom stereocenters. The van der Waals surface area contributed by atoms with Gasteiger partial charge in [-0.25, -0.2) is 4.57 Å². The maximum Gasteiger partial charge on any atom is 0.472 e. The zero-order chi connectivity index (χ0) is 46.6. The van der Waals surface area contributed by atoms with Crippen LogP contribution in [0.3, 0.4) is 0 Å². The molecule has 2 saturated heterocycles. The molecule has 17 nitrogen and oxygen atoms in total. The Balaban J connectivity index is 0.000000431. The van der Waals surface area contributed by atoms with Crippen LogP contribution in [0.4, 0.5) is 17.1 Å². The molecule has 0 aliphatic carbocycles. The number of rotatable bonds is 20. The first-order valence-corrected chi connectivity index (χ1v) is 31.6. The summed E-state index contributed by atoms with van der Waals surface area (Å²) < 4.78 is 35.2. The molecule has 0 saturated carbocycles. The van der Waals surface area contributed by atoms with Crippen molar-refractivity contribution in [2.24, 2.45) is 0 Å². The normalized spacial score (nSPS) is 13.5. The van der Waals surface area contributed by atoms with E-state index in [0.717, 1.165) is 37.2 Å². The van der Waals surface area contributed by atoms with Gasteiger partial charge in [-0.3, -0.25) is 39.4 Å². The number of thioether (sulfide) groups is 1. The summed E-state index contributed by atoms with van der Waals surface area (Å²) in [7, 11) is -3.75. The number of nitrogens with zero attached hydrogens (tertiary/aromatic N) is 4. The van der Waals surface area contributed by atoms with Gasteiger partial charge in [-0.2, -0.15) is 11.8 Å². The summed E-state index contributed by atoms with van der Waals surface area (Å²) in [5.41, 5.74) is -3.12. The predicted octanol–water partition coefficient (Wildman–Crippen LogP) is 12.6. The van der Waals surface area contributed by atoms with E-state index in [4.69, 9.17) is 51.1 Å². The minimum atomic E-state index is -3.75. The topological polar surface area (TPSA) is 216 Å². The third-order valence-electron chi connectivity index (χ3n) is 7.43. The molecule has 26 heteroatoms. The van der Waals surface area contributed by atoms with Gasteiger partial charge in [0.1, 0.15) is 17.2 Å². The first-order chi connectivity index (χ1) is 29.3. The predicted molar refractivity (Wildman–Crippen MR) is 266 cm³/mol. The van der Waals surface area contributed by atoms with Crippen LogP contribution in [0.2, 0.25) is 0 Å². The Morgan fingerprint density at radius 3 is 1.26 bits per heavy atom. The van der Waals surface area contributed by atoms with Crippen molar-refractivity contribution in [2.45, 2.75) is 60.3 Å². The summed E-state index contributed by atoms with van der Waals surface area (Å²) in [5, 5.41) is 31.6. The molecule has 62 heavy (non-hydrogen) atoms. The number of thiol groups is 1. The largest absolute Gasteiger partial charge is 0.472 e. The van der Waals surface area contributed by atoms with Crippen molar-refractivity contribution >= 4 is 106 Å². The van der Waals surface area contributed by atoms with Crippen LogP contribution in [-0.4, -0.2) is 80.4 Å². The van der Waals surface area contributed by atoms with E-state index in [9.17, 15) is 34.9 Å². The molecule has 2 aliphatic heterocycles. The standard InChI is InChI=1S/C12H9N2O6PS2.C8H8NO3PS3.C8H19O4P.C6H15N.C2H4S/c15-13(16)9-1-5-11(6-2-9)19-21(22,23)20-12-7-3-10(4-8-12)14(17)18;10-9(11)7-1-3-8(4-2-7)12-13(14)15-5-6-16-13;1-3-5-7-11-13(9,10)12-8-6-4-2;1-4-7(5-2)6-3;1-2-3-1/h1-8H,(H,22,23);1-4H,5-6H2;3-8H2,1-2H3,(H,9,10);4-6H2,1-3H3;1-2H2. The molecule has 2 fully saturated rings. The second-order valence-electron chi connectivity index (χ2n) is 12.2. The molecule has 0 bridgehead atoms. The first-order valence-electron chi connectivity index (χ1n) is 19.3. The second-order valence-corrected chi connectivity index (χ2v) is 30.7. The highest BCUT2D eigenvalue weighted by atomic mass is 33.2. The van der Waals surface area contributed by atoms with Gasteiger partial charge in [-0.15, -0.1) is 0 Å². The number of non-ortho nitro benzene ring substituents is 3. The molecule has 0 spiro atoms. The van der Waals surface area contributed by atoms with Crippen LogP contribution in [0.15, 0.2) is 72.8 Å². The molecule has 0 atom stereocenters. The number of hydrogen-bond acceptors (Lipinski definition) is 18. The average Bonchev–Trinajstić information content (AvgIpc) is 4.06. The molecule has 2 aliphatic rings. The van der Waals surface area contributed by atoms with E-state index < -0.39 is 33.0 Å². The molecule has 0 radical (unpaired) electrons. The van der Waals surface area contributed by atoms with Crippen LogP contribution < -0.4 is 13.6 Å². The van der Waals surface area contributed by atoms with E-state index in [1.165, 1.54) is 91.8 Å². The maximum atomic E-state index is 11.1. The molecule has 0 aromatic heterocycles. The van der Waals surface area contributed by atoms with Crippen LogP contribution in [0.1, 0.15) is 60.3 Å². The monoisotopic (exact) mass is 1040 g/mol. The molecule has 5 rings (SSSR count). The first kappa shape index (κ1) is 58.0. The minimum absolute atomic E-state index is 0.0656. The lowest BCUT2D eigenvalue weighted by Crippen LogP contribution is -2.21. The van der Waals surface area contributed by atoms with Gasteiger partial charge in [0.15, 0.2) is 0 Å².